The number of nitrogens with one attached hydrogen (secondary N) is 1. The van der Waals surface area contributed by atoms with Gasteiger partial charge in [-0.25, -0.2) is 14.2 Å². The largest absolute Gasteiger partial charge is 0.488 e. The van der Waals surface area contributed by atoms with Gasteiger partial charge in [0.2, 0.25) is 0 Å². The summed E-state index contributed by atoms with van der Waals surface area (Å²) in [6.45, 7) is 0.302. The van der Waals surface area contributed by atoms with Crippen LogP contribution in [-0.2, 0) is 6.61 Å². The molecule has 0 atom stereocenters. The minimum Gasteiger partial charge on any atom is -0.488 e. The number of hydrogen-bond acceptors (Lipinski definition) is 4. The van der Waals surface area contributed by atoms with Crippen LogP contribution in [0.5, 0.6) is 5.75 Å². The van der Waals surface area contributed by atoms with Gasteiger partial charge < -0.3 is 4.74 Å². The van der Waals surface area contributed by atoms with Crippen LogP contribution in [0.25, 0.3) is 0 Å². The van der Waals surface area contributed by atoms with Gasteiger partial charge in [0, 0.05) is 0 Å². The number of rotatable bonds is 6. The molecule has 0 radical (unpaired) electrons. The van der Waals surface area contributed by atoms with Gasteiger partial charge in [0.25, 0.3) is 5.91 Å². The smallest absolute Gasteiger partial charge is 0.274 e. The van der Waals surface area contributed by atoms with Gasteiger partial charge in [0.05, 0.1) is 27.0 Å². The fourth-order valence-electron chi connectivity index (χ4n) is 2.45. The highest BCUT2D eigenvalue weighted by Crippen LogP contribution is 2.22. The van der Waals surface area contributed by atoms with Gasteiger partial charge in [-0.05, 0) is 82.2 Å². The highest BCUT2D eigenvalue weighted by Gasteiger charge is 2.11. The third-order valence-corrected chi connectivity index (χ3v) is 4.83. The normalized spacial score (nSPS) is 10.6. The standard InChI is InChI=1S/C22H14F2IN3O2/c23-17-5-1-14(2-6-17)13-30-21-8-4-16(10-20(21)25)12-27-28-22(29)18-7-3-15(11-26)9-19(18)24/h1-10,12H,13H2,(H,28,29)/b27-12-. The van der Waals surface area contributed by atoms with Gasteiger partial charge in [-0.3, -0.25) is 4.79 Å². The Labute approximate surface area is 185 Å². The van der Waals surface area contributed by atoms with Crippen molar-refractivity contribution < 1.29 is 18.3 Å². The molecular weight excluding hydrogens is 503 g/mol. The van der Waals surface area contributed by atoms with E-state index in [0.717, 1.165) is 15.2 Å². The van der Waals surface area contributed by atoms with Crippen molar-refractivity contribution in [2.75, 3.05) is 0 Å². The predicted octanol–water partition coefficient (Wildman–Crippen LogP) is 4.78. The second kappa shape index (κ2) is 9.93. The van der Waals surface area contributed by atoms with Crippen LogP contribution >= 0.6 is 22.6 Å². The lowest BCUT2D eigenvalue weighted by molar-refractivity contribution is 0.0951. The lowest BCUT2D eigenvalue weighted by Gasteiger charge is -2.09. The van der Waals surface area contributed by atoms with Crippen molar-refractivity contribution in [1.29, 1.82) is 5.26 Å². The van der Waals surface area contributed by atoms with E-state index in [-0.39, 0.29) is 16.9 Å². The summed E-state index contributed by atoms with van der Waals surface area (Å²) in [7, 11) is 0. The number of nitriles is 1. The number of ether oxygens (including phenoxy) is 1. The molecule has 3 rings (SSSR count). The third-order valence-electron chi connectivity index (χ3n) is 3.99. The molecule has 3 aromatic carbocycles. The number of nitrogens with zero attached hydrogens (tertiary/aromatic N) is 2. The first-order valence-electron chi connectivity index (χ1n) is 8.66. The Morgan fingerprint density at radius 3 is 2.57 bits per heavy atom. The quantitative estimate of drug-likeness (QED) is 0.291. The molecule has 1 amide bonds. The molecule has 0 unspecified atom stereocenters. The average Bonchev–Trinajstić information content (AvgIpc) is 2.74. The fraction of sp³-hybridized carbons (Fsp3) is 0.0455. The molecule has 5 nitrogen and oxygen atoms in total. The molecule has 0 spiro atoms. The molecule has 1 N–H and O–H groups in total. The fourth-order valence-corrected chi connectivity index (χ4v) is 3.15. The highest BCUT2D eigenvalue weighted by molar-refractivity contribution is 14.1. The van der Waals surface area contributed by atoms with Crippen molar-refractivity contribution >= 4 is 34.7 Å². The molecular formula is C22H14F2IN3O2. The summed E-state index contributed by atoms with van der Waals surface area (Å²) < 4.78 is 33.4. The van der Waals surface area contributed by atoms with Crippen LogP contribution in [0.4, 0.5) is 8.78 Å². The monoisotopic (exact) mass is 517 g/mol. The average molecular weight is 517 g/mol. The number of carbonyl (C=O) groups is 1. The number of hydrogen-bond donors (Lipinski definition) is 1. The summed E-state index contributed by atoms with van der Waals surface area (Å²) in [5.74, 6) is -1.16. The van der Waals surface area contributed by atoms with Gasteiger partial charge in [-0.15, -0.1) is 0 Å². The molecule has 0 saturated carbocycles. The first-order valence-corrected chi connectivity index (χ1v) is 9.74. The van der Waals surface area contributed by atoms with Crippen LogP contribution in [0.2, 0.25) is 0 Å². The first kappa shape index (κ1) is 21.4. The van der Waals surface area contributed by atoms with Gasteiger partial charge in [0.1, 0.15) is 24.0 Å². The minimum absolute atomic E-state index is 0.129. The molecule has 8 heteroatoms. The topological polar surface area (TPSA) is 74.5 Å². The van der Waals surface area contributed by atoms with Gasteiger partial charge >= 0.3 is 0 Å². The number of halogens is 3. The van der Waals surface area contributed by atoms with Crippen LogP contribution in [0.1, 0.15) is 27.0 Å². The number of benzene rings is 3. The Morgan fingerprint density at radius 2 is 1.90 bits per heavy atom. The molecule has 0 aliphatic rings. The van der Waals surface area contributed by atoms with Crippen LogP contribution < -0.4 is 10.2 Å². The molecule has 0 bridgehead atoms. The zero-order chi connectivity index (χ0) is 21.5. The molecule has 0 fully saturated rings. The zero-order valence-electron chi connectivity index (χ0n) is 15.4. The van der Waals surface area contributed by atoms with Crippen molar-refractivity contribution in [2.45, 2.75) is 6.61 Å². The summed E-state index contributed by atoms with van der Waals surface area (Å²) in [4.78, 5) is 12.0. The molecule has 0 aliphatic carbocycles. The maximum absolute atomic E-state index is 13.9. The molecule has 0 saturated heterocycles. The van der Waals surface area contributed by atoms with E-state index in [9.17, 15) is 13.6 Å². The zero-order valence-corrected chi connectivity index (χ0v) is 17.6. The van der Waals surface area contributed by atoms with E-state index in [1.807, 2.05) is 0 Å². The van der Waals surface area contributed by atoms with E-state index < -0.39 is 11.7 Å². The Hall–Kier alpha value is -3.32. The van der Waals surface area contributed by atoms with E-state index in [1.165, 1.54) is 30.5 Å². The van der Waals surface area contributed by atoms with E-state index in [1.54, 1.807) is 36.4 Å². The molecule has 30 heavy (non-hydrogen) atoms. The Kier molecular flexibility index (Phi) is 7.08. The van der Waals surface area contributed by atoms with Crippen LogP contribution in [0, 0.1) is 26.5 Å². The highest BCUT2D eigenvalue weighted by atomic mass is 127. The van der Waals surface area contributed by atoms with Gasteiger partial charge in [-0.1, -0.05) is 12.1 Å². The third kappa shape index (κ3) is 5.61. The second-order valence-corrected chi connectivity index (χ2v) is 7.27. The molecule has 150 valence electrons. The summed E-state index contributed by atoms with van der Waals surface area (Å²) in [6, 6.07) is 16.8. The lowest BCUT2D eigenvalue weighted by atomic mass is 10.1. The summed E-state index contributed by atoms with van der Waals surface area (Å²) >= 11 is 2.11. The van der Waals surface area contributed by atoms with Crippen molar-refractivity contribution in [3.63, 3.8) is 0 Å². The SMILES string of the molecule is N#Cc1ccc(C(=O)N/N=C\c2ccc(OCc3ccc(F)cc3)c(I)c2)c(F)c1. The first-order chi connectivity index (χ1) is 14.5. The summed E-state index contributed by atoms with van der Waals surface area (Å²) in [5, 5.41) is 12.6. The van der Waals surface area contributed by atoms with Crippen molar-refractivity contribution in [3.05, 3.63) is 98.1 Å². The van der Waals surface area contributed by atoms with E-state index in [4.69, 9.17) is 10.00 Å². The van der Waals surface area contributed by atoms with E-state index >= 15 is 0 Å². The summed E-state index contributed by atoms with van der Waals surface area (Å²) in [6.07, 6.45) is 1.42. The van der Waals surface area contributed by atoms with Crippen molar-refractivity contribution in [3.8, 4) is 11.8 Å². The number of amides is 1. The number of hydrazone groups is 1. The lowest BCUT2D eigenvalue weighted by Crippen LogP contribution is -2.19. The van der Waals surface area contributed by atoms with Crippen molar-refractivity contribution in [2.24, 2.45) is 5.10 Å². The second-order valence-electron chi connectivity index (χ2n) is 6.11. The maximum atomic E-state index is 13.9. The minimum atomic E-state index is -0.793. The van der Waals surface area contributed by atoms with Crippen molar-refractivity contribution in [1.82, 2.24) is 5.43 Å². The van der Waals surface area contributed by atoms with E-state index in [0.29, 0.717) is 17.9 Å². The Balaban J connectivity index is 1.59. The maximum Gasteiger partial charge on any atom is 0.274 e. The predicted molar refractivity (Wildman–Crippen MR) is 116 cm³/mol. The Morgan fingerprint density at radius 1 is 1.13 bits per heavy atom. The molecule has 0 aromatic heterocycles. The van der Waals surface area contributed by atoms with Crippen LogP contribution in [-0.4, -0.2) is 12.1 Å². The molecule has 3 aromatic rings. The van der Waals surface area contributed by atoms with Crippen LogP contribution in [0.15, 0.2) is 65.8 Å². The summed E-state index contributed by atoms with van der Waals surface area (Å²) in [5.41, 5.74) is 3.73. The van der Waals surface area contributed by atoms with Gasteiger partial charge in [0.15, 0.2) is 0 Å². The van der Waals surface area contributed by atoms with Crippen LogP contribution in [0.3, 0.4) is 0 Å². The van der Waals surface area contributed by atoms with E-state index in [2.05, 4.69) is 33.1 Å². The molecule has 0 aliphatic heterocycles. The molecule has 0 heterocycles. The Bertz CT molecular complexity index is 1140. The van der Waals surface area contributed by atoms with Gasteiger partial charge in [-0.2, -0.15) is 10.4 Å². The number of carbonyl (C=O) groups excluding carboxylic acids is 1.